The third-order valence-corrected chi connectivity index (χ3v) is 4.35. The maximum atomic E-state index is 6.03. The van der Waals surface area contributed by atoms with Gasteiger partial charge in [0, 0.05) is 11.1 Å². The molecule has 1 aromatic carbocycles. The van der Waals surface area contributed by atoms with Crippen LogP contribution in [0, 0.1) is 12.8 Å². The molecule has 2 nitrogen and oxygen atoms in total. The van der Waals surface area contributed by atoms with Gasteiger partial charge in [-0.3, -0.25) is 11.3 Å². The van der Waals surface area contributed by atoms with Crippen molar-refractivity contribution in [2.75, 3.05) is 0 Å². The van der Waals surface area contributed by atoms with Crippen LogP contribution in [-0.2, 0) is 0 Å². The Labute approximate surface area is 115 Å². The van der Waals surface area contributed by atoms with Crippen molar-refractivity contribution in [1.29, 1.82) is 0 Å². The zero-order chi connectivity index (χ0) is 13.0. The fraction of sp³-hybridized carbons (Fsp3) is 0.600. The van der Waals surface area contributed by atoms with Gasteiger partial charge in [-0.05, 0) is 48.9 Å². The average molecular weight is 267 g/mol. The number of benzene rings is 1. The van der Waals surface area contributed by atoms with E-state index in [0.717, 1.165) is 5.02 Å². The molecule has 3 N–H and O–H groups in total. The topological polar surface area (TPSA) is 38.0 Å². The lowest BCUT2D eigenvalue weighted by Gasteiger charge is -2.27. The summed E-state index contributed by atoms with van der Waals surface area (Å²) >= 11 is 6.03. The SMILES string of the molecule is Cc1cc(Cl)ccc1C(NN)C1CCCCCC1. The average Bonchev–Trinajstić information content (AvgIpc) is 2.62. The maximum absolute atomic E-state index is 6.03. The predicted molar refractivity (Wildman–Crippen MR) is 77.4 cm³/mol. The molecule has 1 atom stereocenters. The first kappa shape index (κ1) is 13.9. The van der Waals surface area contributed by atoms with Crippen molar-refractivity contribution in [3.8, 4) is 0 Å². The molecule has 18 heavy (non-hydrogen) atoms. The van der Waals surface area contributed by atoms with E-state index in [1.54, 1.807) is 0 Å². The van der Waals surface area contributed by atoms with Gasteiger partial charge in [-0.1, -0.05) is 43.4 Å². The van der Waals surface area contributed by atoms with Crippen LogP contribution < -0.4 is 11.3 Å². The first-order chi connectivity index (χ1) is 8.72. The van der Waals surface area contributed by atoms with Gasteiger partial charge in [-0.15, -0.1) is 0 Å². The fourth-order valence-corrected chi connectivity index (χ4v) is 3.34. The third-order valence-electron chi connectivity index (χ3n) is 4.12. The Balaban J connectivity index is 2.20. The number of hydrogen-bond donors (Lipinski definition) is 2. The monoisotopic (exact) mass is 266 g/mol. The number of nitrogens with one attached hydrogen (secondary N) is 1. The zero-order valence-electron chi connectivity index (χ0n) is 11.1. The van der Waals surface area contributed by atoms with E-state index < -0.39 is 0 Å². The highest BCUT2D eigenvalue weighted by molar-refractivity contribution is 6.30. The molecule has 2 rings (SSSR count). The van der Waals surface area contributed by atoms with Crippen LogP contribution in [0.25, 0.3) is 0 Å². The summed E-state index contributed by atoms with van der Waals surface area (Å²) in [7, 11) is 0. The number of aryl methyl sites for hydroxylation is 1. The minimum absolute atomic E-state index is 0.264. The van der Waals surface area contributed by atoms with Gasteiger partial charge in [0.1, 0.15) is 0 Å². The van der Waals surface area contributed by atoms with E-state index in [9.17, 15) is 0 Å². The van der Waals surface area contributed by atoms with Gasteiger partial charge in [-0.2, -0.15) is 0 Å². The van der Waals surface area contributed by atoms with Crippen LogP contribution >= 0.6 is 11.6 Å². The van der Waals surface area contributed by atoms with Crippen LogP contribution in [0.3, 0.4) is 0 Å². The highest BCUT2D eigenvalue weighted by Crippen LogP contribution is 2.34. The standard InChI is InChI=1S/C15H23ClN2/c1-11-10-13(16)8-9-14(11)15(18-17)12-6-4-2-3-5-7-12/h8-10,12,15,18H,2-7,17H2,1H3. The second kappa shape index (κ2) is 6.55. The van der Waals surface area contributed by atoms with Crippen LogP contribution in [0.2, 0.25) is 5.02 Å². The van der Waals surface area contributed by atoms with Gasteiger partial charge in [-0.25, -0.2) is 0 Å². The Hall–Kier alpha value is -0.570. The van der Waals surface area contributed by atoms with Crippen LogP contribution in [0.1, 0.15) is 55.7 Å². The minimum Gasteiger partial charge on any atom is -0.271 e. The summed E-state index contributed by atoms with van der Waals surface area (Å²) in [5.41, 5.74) is 5.56. The van der Waals surface area contributed by atoms with Crippen molar-refractivity contribution in [1.82, 2.24) is 5.43 Å². The molecule has 1 aliphatic carbocycles. The molecule has 100 valence electrons. The summed E-state index contributed by atoms with van der Waals surface area (Å²) in [5, 5.41) is 0.799. The number of rotatable bonds is 3. The van der Waals surface area contributed by atoms with E-state index in [0.29, 0.717) is 5.92 Å². The van der Waals surface area contributed by atoms with Gasteiger partial charge in [0.25, 0.3) is 0 Å². The van der Waals surface area contributed by atoms with Crippen molar-refractivity contribution in [3.05, 3.63) is 34.3 Å². The zero-order valence-corrected chi connectivity index (χ0v) is 11.8. The molecule has 0 radical (unpaired) electrons. The summed E-state index contributed by atoms with van der Waals surface area (Å²) in [6, 6.07) is 6.37. The van der Waals surface area contributed by atoms with Gasteiger partial charge < -0.3 is 0 Å². The number of hydrogen-bond acceptors (Lipinski definition) is 2. The van der Waals surface area contributed by atoms with E-state index in [1.807, 2.05) is 12.1 Å². The maximum Gasteiger partial charge on any atom is 0.0490 e. The Bertz CT molecular complexity index is 384. The Morgan fingerprint density at radius 1 is 1.22 bits per heavy atom. The second-order valence-electron chi connectivity index (χ2n) is 5.40. The summed E-state index contributed by atoms with van der Waals surface area (Å²) in [6.07, 6.45) is 7.94. The van der Waals surface area contributed by atoms with Crippen LogP contribution in [0.4, 0.5) is 0 Å². The quantitative estimate of drug-likeness (QED) is 0.491. The van der Waals surface area contributed by atoms with Crippen molar-refractivity contribution in [2.45, 2.75) is 51.5 Å². The molecule has 1 aromatic rings. The summed E-state index contributed by atoms with van der Waals surface area (Å²) in [6.45, 7) is 2.11. The lowest BCUT2D eigenvalue weighted by molar-refractivity contribution is 0.328. The first-order valence-corrected chi connectivity index (χ1v) is 7.32. The first-order valence-electron chi connectivity index (χ1n) is 6.94. The Kier molecular flexibility index (Phi) is 5.04. The molecule has 1 saturated carbocycles. The van der Waals surface area contributed by atoms with Crippen molar-refractivity contribution >= 4 is 11.6 Å². The molecule has 0 aromatic heterocycles. The van der Waals surface area contributed by atoms with E-state index >= 15 is 0 Å². The summed E-state index contributed by atoms with van der Waals surface area (Å²) in [5.74, 6) is 6.46. The molecule has 3 heteroatoms. The van der Waals surface area contributed by atoms with Gasteiger partial charge in [0.05, 0.1) is 0 Å². The third kappa shape index (κ3) is 3.25. The lowest BCUT2D eigenvalue weighted by Crippen LogP contribution is -2.34. The van der Waals surface area contributed by atoms with Gasteiger partial charge in [0.2, 0.25) is 0 Å². The molecule has 0 saturated heterocycles. The smallest absolute Gasteiger partial charge is 0.0490 e. The Morgan fingerprint density at radius 3 is 2.44 bits per heavy atom. The summed E-state index contributed by atoms with van der Waals surface area (Å²) in [4.78, 5) is 0. The number of halogens is 1. The molecule has 1 aliphatic rings. The van der Waals surface area contributed by atoms with E-state index in [1.165, 1.54) is 49.7 Å². The highest BCUT2D eigenvalue weighted by atomic mass is 35.5. The molecule has 1 fully saturated rings. The van der Waals surface area contributed by atoms with Crippen molar-refractivity contribution in [2.24, 2.45) is 11.8 Å². The highest BCUT2D eigenvalue weighted by Gasteiger charge is 2.24. The van der Waals surface area contributed by atoms with Crippen LogP contribution in [0.5, 0.6) is 0 Å². The van der Waals surface area contributed by atoms with Gasteiger partial charge in [0.15, 0.2) is 0 Å². The fourth-order valence-electron chi connectivity index (χ4n) is 3.11. The molecule has 0 aliphatic heterocycles. The minimum atomic E-state index is 0.264. The number of nitrogens with two attached hydrogens (primary N) is 1. The largest absolute Gasteiger partial charge is 0.271 e. The molecule has 0 spiro atoms. The molecular weight excluding hydrogens is 244 g/mol. The molecule has 1 unspecified atom stereocenters. The number of hydrazine groups is 1. The molecular formula is C15H23ClN2. The second-order valence-corrected chi connectivity index (χ2v) is 5.83. The van der Waals surface area contributed by atoms with E-state index in [4.69, 9.17) is 17.4 Å². The molecule has 0 bridgehead atoms. The predicted octanol–water partition coefficient (Wildman–Crippen LogP) is 4.12. The van der Waals surface area contributed by atoms with Crippen LogP contribution in [0.15, 0.2) is 18.2 Å². The van der Waals surface area contributed by atoms with Gasteiger partial charge >= 0.3 is 0 Å². The van der Waals surface area contributed by atoms with E-state index in [2.05, 4.69) is 18.4 Å². The molecule has 0 heterocycles. The normalized spacial score (nSPS) is 19.5. The van der Waals surface area contributed by atoms with Crippen molar-refractivity contribution in [3.63, 3.8) is 0 Å². The van der Waals surface area contributed by atoms with Crippen LogP contribution in [-0.4, -0.2) is 0 Å². The molecule has 0 amide bonds. The van der Waals surface area contributed by atoms with Crippen molar-refractivity contribution < 1.29 is 0 Å². The summed E-state index contributed by atoms with van der Waals surface area (Å²) < 4.78 is 0. The lowest BCUT2D eigenvalue weighted by atomic mass is 9.86. The Morgan fingerprint density at radius 2 is 1.89 bits per heavy atom. The van der Waals surface area contributed by atoms with E-state index in [-0.39, 0.29) is 6.04 Å².